The van der Waals surface area contributed by atoms with Crippen LogP contribution in [0.5, 0.6) is 0 Å². The Labute approximate surface area is 221 Å². The van der Waals surface area contributed by atoms with Crippen molar-refractivity contribution in [2.45, 2.75) is 52.3 Å². The maximum atomic E-state index is 13.9. The van der Waals surface area contributed by atoms with Gasteiger partial charge >= 0.3 is 0 Å². The van der Waals surface area contributed by atoms with Gasteiger partial charge in [-0.15, -0.1) is 0 Å². The molecule has 0 unspecified atom stereocenters. The zero-order valence-electron chi connectivity index (χ0n) is 21.9. The lowest BCUT2D eigenvalue weighted by molar-refractivity contribution is 0.0829. The number of pyridine rings is 1. The predicted molar refractivity (Wildman–Crippen MR) is 146 cm³/mol. The summed E-state index contributed by atoms with van der Waals surface area (Å²) in [5.74, 6) is -1.83. The summed E-state index contributed by atoms with van der Waals surface area (Å²) < 4.78 is 27.8. The van der Waals surface area contributed by atoms with E-state index in [4.69, 9.17) is 0 Å². The Morgan fingerprint density at radius 3 is 2.39 bits per heavy atom. The lowest BCUT2D eigenvalue weighted by Gasteiger charge is -2.25. The first-order valence-electron chi connectivity index (χ1n) is 12.8. The van der Waals surface area contributed by atoms with E-state index in [0.717, 1.165) is 34.5 Å². The van der Waals surface area contributed by atoms with Crippen LogP contribution in [0.2, 0.25) is 0 Å². The summed E-state index contributed by atoms with van der Waals surface area (Å²) in [4.78, 5) is 18.0. The number of halogens is 2. The zero-order valence-corrected chi connectivity index (χ0v) is 21.9. The topological polar surface area (TPSA) is 74.2 Å². The maximum absolute atomic E-state index is 13.9. The number of hydrogen-bond donors (Lipinski definition) is 3. The maximum Gasteiger partial charge on any atom is 0.253 e. The van der Waals surface area contributed by atoms with Crippen molar-refractivity contribution in [1.82, 2.24) is 15.6 Å². The molecule has 0 aliphatic carbocycles. The first-order chi connectivity index (χ1) is 18.2. The molecule has 5 nitrogen and oxygen atoms in total. The number of benzene rings is 3. The number of amides is 1. The van der Waals surface area contributed by atoms with E-state index in [-0.39, 0.29) is 13.0 Å². The fourth-order valence-corrected chi connectivity index (χ4v) is 4.65. The highest BCUT2D eigenvalue weighted by Gasteiger charge is 2.24. The fourth-order valence-electron chi connectivity index (χ4n) is 4.65. The molecule has 0 aliphatic rings. The fraction of sp³-hybridized carbons (Fsp3) is 0.290. The van der Waals surface area contributed by atoms with Gasteiger partial charge in [0.05, 0.1) is 28.9 Å². The Morgan fingerprint density at radius 1 is 0.947 bits per heavy atom. The summed E-state index contributed by atoms with van der Waals surface area (Å²) in [7, 11) is 0. The number of carbonyl (C=O) groups excluding carboxylic acids is 1. The predicted octanol–water partition coefficient (Wildman–Crippen LogP) is 5.18. The number of hydrogen-bond acceptors (Lipinski definition) is 4. The summed E-state index contributed by atoms with van der Waals surface area (Å²) in [6.07, 6.45) is -0.0406. The smallest absolute Gasteiger partial charge is 0.253 e. The van der Waals surface area contributed by atoms with E-state index in [1.807, 2.05) is 37.3 Å². The van der Waals surface area contributed by atoms with Crippen LogP contribution in [0.3, 0.4) is 0 Å². The lowest BCUT2D eigenvalue weighted by atomic mass is 9.99. The average molecular weight is 518 g/mol. The van der Waals surface area contributed by atoms with Crippen LogP contribution < -0.4 is 10.6 Å². The molecular formula is C31H33F2N3O2. The molecule has 0 fully saturated rings. The molecule has 0 spiro atoms. The van der Waals surface area contributed by atoms with E-state index in [9.17, 15) is 18.7 Å². The second kappa shape index (κ2) is 12.2. The number of aryl methyl sites for hydroxylation is 3. The summed E-state index contributed by atoms with van der Waals surface area (Å²) in [5.41, 5.74) is 5.42. The third-order valence-corrected chi connectivity index (χ3v) is 6.72. The molecular weight excluding hydrogens is 484 g/mol. The van der Waals surface area contributed by atoms with Crippen LogP contribution in [-0.2, 0) is 19.4 Å². The van der Waals surface area contributed by atoms with Crippen molar-refractivity contribution in [2.75, 3.05) is 6.54 Å². The third-order valence-electron chi connectivity index (χ3n) is 6.72. The Bertz CT molecular complexity index is 1420. The molecule has 4 rings (SSSR count). The second-order valence-corrected chi connectivity index (χ2v) is 9.70. The number of aromatic nitrogens is 1. The van der Waals surface area contributed by atoms with Gasteiger partial charge in [-0.1, -0.05) is 49.4 Å². The highest BCUT2D eigenvalue weighted by molar-refractivity contribution is 5.99. The minimum absolute atomic E-state index is 0.0494. The van der Waals surface area contributed by atoms with Crippen molar-refractivity contribution in [3.63, 3.8) is 0 Å². The van der Waals surface area contributed by atoms with E-state index in [2.05, 4.69) is 34.7 Å². The minimum Gasteiger partial charge on any atom is -0.390 e. The van der Waals surface area contributed by atoms with Crippen molar-refractivity contribution in [3.8, 4) is 0 Å². The van der Waals surface area contributed by atoms with Gasteiger partial charge < -0.3 is 15.7 Å². The van der Waals surface area contributed by atoms with E-state index >= 15 is 0 Å². The van der Waals surface area contributed by atoms with E-state index in [1.165, 1.54) is 17.7 Å². The van der Waals surface area contributed by atoms with Gasteiger partial charge in [0, 0.05) is 24.5 Å². The highest BCUT2D eigenvalue weighted by Crippen LogP contribution is 2.20. The van der Waals surface area contributed by atoms with Gasteiger partial charge in [0.15, 0.2) is 0 Å². The number of aliphatic hydroxyl groups excluding tert-OH is 1. The van der Waals surface area contributed by atoms with Gasteiger partial charge in [-0.05, 0) is 67.1 Å². The van der Waals surface area contributed by atoms with Gasteiger partial charge in [-0.25, -0.2) is 8.78 Å². The van der Waals surface area contributed by atoms with Gasteiger partial charge in [0.1, 0.15) is 11.6 Å². The van der Waals surface area contributed by atoms with Crippen molar-refractivity contribution >= 4 is 16.8 Å². The largest absolute Gasteiger partial charge is 0.390 e. The molecule has 0 aliphatic heterocycles. The Hall–Kier alpha value is -3.68. The molecule has 1 aromatic heterocycles. The van der Waals surface area contributed by atoms with Crippen LogP contribution in [0.15, 0.2) is 66.7 Å². The number of nitrogens with one attached hydrogen (secondary N) is 2. The molecule has 1 heterocycles. The first kappa shape index (κ1) is 27.4. The zero-order chi connectivity index (χ0) is 27.2. The standard InChI is InChI=1S/C31H33F2N3O2/c1-4-21-8-6-9-22(11-21)17-34-18-29(37)28(14-23-12-25(32)16-26(33)13-23)36-31(38)27-15-24-10-5-7-19(2)30(24)35-20(27)3/h5-13,15-16,28-29,34,37H,4,14,17-18H2,1-3H3,(H,36,38)/t28-,29+/m0/s1. The summed E-state index contributed by atoms with van der Waals surface area (Å²) in [6.45, 7) is 6.53. The molecule has 0 bridgehead atoms. The van der Waals surface area contributed by atoms with Gasteiger partial charge in [-0.3, -0.25) is 9.78 Å². The van der Waals surface area contributed by atoms with Crippen LogP contribution in [0.25, 0.3) is 10.9 Å². The summed E-state index contributed by atoms with van der Waals surface area (Å²) >= 11 is 0. The van der Waals surface area contributed by atoms with Crippen molar-refractivity contribution in [2.24, 2.45) is 0 Å². The van der Waals surface area contributed by atoms with Crippen molar-refractivity contribution < 1.29 is 18.7 Å². The number of para-hydroxylation sites is 1. The highest BCUT2D eigenvalue weighted by atomic mass is 19.1. The van der Waals surface area contributed by atoms with Crippen LogP contribution in [-0.4, -0.2) is 34.7 Å². The number of rotatable bonds is 10. The molecule has 7 heteroatoms. The number of nitrogens with zero attached hydrogens (tertiary/aromatic N) is 1. The molecule has 0 radical (unpaired) electrons. The molecule has 38 heavy (non-hydrogen) atoms. The monoisotopic (exact) mass is 517 g/mol. The molecule has 3 N–H and O–H groups in total. The molecule has 0 saturated carbocycles. The van der Waals surface area contributed by atoms with E-state index in [1.54, 1.807) is 13.0 Å². The first-order valence-corrected chi connectivity index (χ1v) is 12.8. The summed E-state index contributed by atoms with van der Waals surface area (Å²) in [6, 6.07) is 18.1. The number of aliphatic hydroxyl groups is 1. The van der Waals surface area contributed by atoms with Crippen LogP contribution >= 0.6 is 0 Å². The van der Waals surface area contributed by atoms with E-state index < -0.39 is 29.7 Å². The van der Waals surface area contributed by atoms with Crippen LogP contribution in [0.4, 0.5) is 8.78 Å². The Morgan fingerprint density at radius 2 is 1.66 bits per heavy atom. The lowest BCUT2D eigenvalue weighted by Crippen LogP contribution is -2.48. The van der Waals surface area contributed by atoms with Crippen LogP contribution in [0.1, 0.15) is 45.2 Å². The van der Waals surface area contributed by atoms with E-state index in [0.29, 0.717) is 23.4 Å². The van der Waals surface area contributed by atoms with Gasteiger partial charge in [0.25, 0.3) is 5.91 Å². The molecule has 4 aromatic rings. The quantitative estimate of drug-likeness (QED) is 0.271. The number of carbonyl (C=O) groups is 1. The molecule has 3 aromatic carbocycles. The normalized spacial score (nSPS) is 12.9. The number of fused-ring (bicyclic) bond motifs is 1. The average Bonchev–Trinajstić information content (AvgIpc) is 2.88. The Kier molecular flexibility index (Phi) is 8.81. The third kappa shape index (κ3) is 6.79. The SMILES string of the molecule is CCc1cccc(CNC[C@@H](O)[C@H](Cc2cc(F)cc(F)c2)NC(=O)c2cc3cccc(C)c3nc2C)c1. The van der Waals surface area contributed by atoms with Crippen molar-refractivity contribution in [1.29, 1.82) is 0 Å². The second-order valence-electron chi connectivity index (χ2n) is 9.70. The van der Waals surface area contributed by atoms with Crippen LogP contribution in [0, 0.1) is 25.5 Å². The summed E-state index contributed by atoms with van der Waals surface area (Å²) in [5, 5.41) is 18.0. The Balaban J connectivity index is 1.53. The van der Waals surface area contributed by atoms with Gasteiger partial charge in [0.2, 0.25) is 0 Å². The van der Waals surface area contributed by atoms with Crippen molar-refractivity contribution in [3.05, 3.63) is 112 Å². The molecule has 1 amide bonds. The molecule has 198 valence electrons. The minimum atomic E-state index is -1.02. The molecule has 2 atom stereocenters. The molecule has 0 saturated heterocycles. The van der Waals surface area contributed by atoms with Gasteiger partial charge in [-0.2, -0.15) is 0 Å².